The molecule has 2 aromatic heterocycles. The summed E-state index contributed by atoms with van der Waals surface area (Å²) in [6.07, 6.45) is 4.86. The van der Waals surface area contributed by atoms with Crippen molar-refractivity contribution in [3.8, 4) is 0 Å². The molecule has 6 heteroatoms. The van der Waals surface area contributed by atoms with Gasteiger partial charge in [-0.15, -0.1) is 0 Å². The third-order valence-corrected chi connectivity index (χ3v) is 4.94. The number of anilines is 2. The van der Waals surface area contributed by atoms with Gasteiger partial charge >= 0.3 is 0 Å². The Balaban J connectivity index is 1.72. The number of aryl methyl sites for hydroxylation is 2. The number of carbonyl (C=O) groups is 1. The van der Waals surface area contributed by atoms with E-state index in [1.54, 1.807) is 13.1 Å². The lowest BCUT2D eigenvalue weighted by atomic mass is 10.1. The monoisotopic (exact) mass is 350 g/mol. The molecule has 1 saturated heterocycles. The summed E-state index contributed by atoms with van der Waals surface area (Å²) in [5, 5.41) is 7.94. The first-order valence-electron chi connectivity index (χ1n) is 9.08. The number of carbonyl (C=O) groups excluding carboxylic acids is 1. The molecular formula is C20H22N4O2. The van der Waals surface area contributed by atoms with E-state index in [1.165, 1.54) is 12.8 Å². The highest BCUT2D eigenvalue weighted by Gasteiger charge is 2.21. The van der Waals surface area contributed by atoms with Gasteiger partial charge in [0.05, 0.1) is 22.6 Å². The van der Waals surface area contributed by atoms with Gasteiger partial charge in [-0.3, -0.25) is 9.78 Å². The highest BCUT2D eigenvalue weighted by molar-refractivity contribution is 6.11. The maximum atomic E-state index is 12.8. The van der Waals surface area contributed by atoms with E-state index in [0.717, 1.165) is 35.4 Å². The van der Waals surface area contributed by atoms with Crippen molar-refractivity contribution in [2.45, 2.75) is 33.1 Å². The third-order valence-electron chi connectivity index (χ3n) is 4.94. The van der Waals surface area contributed by atoms with Gasteiger partial charge < -0.3 is 14.7 Å². The Morgan fingerprint density at radius 3 is 2.85 bits per heavy atom. The SMILES string of the molecule is CCc1noc(C)c1C(=O)Nc1ccc(N2CCCC2)c2ncccc12. The van der Waals surface area contributed by atoms with E-state index in [-0.39, 0.29) is 5.91 Å². The minimum Gasteiger partial charge on any atom is -0.370 e. The average Bonchev–Trinajstić information content (AvgIpc) is 3.31. The van der Waals surface area contributed by atoms with Crippen molar-refractivity contribution in [2.24, 2.45) is 0 Å². The number of pyridine rings is 1. The van der Waals surface area contributed by atoms with E-state index in [4.69, 9.17) is 4.52 Å². The van der Waals surface area contributed by atoms with Crippen LogP contribution in [0.2, 0.25) is 0 Å². The molecule has 0 bridgehead atoms. The maximum Gasteiger partial charge on any atom is 0.261 e. The topological polar surface area (TPSA) is 71.3 Å². The first kappa shape index (κ1) is 16.6. The molecule has 0 aliphatic carbocycles. The lowest BCUT2D eigenvalue weighted by molar-refractivity contribution is 0.102. The predicted molar refractivity (Wildman–Crippen MR) is 102 cm³/mol. The standard InChI is InChI=1S/C20H22N4O2/c1-3-15-18(13(2)26-23-15)20(25)22-16-8-9-17(24-11-4-5-12-24)19-14(16)7-6-10-21-19/h6-10H,3-5,11-12H2,1-2H3,(H,22,25). The van der Waals surface area contributed by atoms with Crippen LogP contribution in [0.15, 0.2) is 35.0 Å². The summed E-state index contributed by atoms with van der Waals surface area (Å²) in [7, 11) is 0. The fraction of sp³-hybridized carbons (Fsp3) is 0.350. The van der Waals surface area contributed by atoms with E-state index in [9.17, 15) is 4.79 Å². The van der Waals surface area contributed by atoms with Gasteiger partial charge in [0.2, 0.25) is 0 Å². The van der Waals surface area contributed by atoms with Gasteiger partial charge in [0.25, 0.3) is 5.91 Å². The Bertz CT molecular complexity index is 958. The summed E-state index contributed by atoms with van der Waals surface area (Å²) in [5.74, 6) is 0.343. The summed E-state index contributed by atoms with van der Waals surface area (Å²) < 4.78 is 5.19. The fourth-order valence-electron chi connectivity index (χ4n) is 3.62. The van der Waals surface area contributed by atoms with Crippen molar-refractivity contribution in [2.75, 3.05) is 23.3 Å². The van der Waals surface area contributed by atoms with Crippen molar-refractivity contribution in [3.63, 3.8) is 0 Å². The van der Waals surface area contributed by atoms with Gasteiger partial charge in [0.1, 0.15) is 11.3 Å². The smallest absolute Gasteiger partial charge is 0.261 e. The Hall–Kier alpha value is -2.89. The first-order chi connectivity index (χ1) is 12.7. The number of hydrogen-bond acceptors (Lipinski definition) is 5. The molecule has 1 aliphatic heterocycles. The Labute approximate surface area is 152 Å². The Morgan fingerprint density at radius 1 is 1.27 bits per heavy atom. The van der Waals surface area contributed by atoms with Crippen molar-refractivity contribution < 1.29 is 9.32 Å². The van der Waals surface area contributed by atoms with E-state index in [1.807, 2.05) is 25.1 Å². The second-order valence-corrected chi connectivity index (χ2v) is 6.59. The summed E-state index contributed by atoms with van der Waals surface area (Å²) in [5.41, 5.74) is 4.00. The van der Waals surface area contributed by atoms with E-state index in [0.29, 0.717) is 23.4 Å². The van der Waals surface area contributed by atoms with Crippen LogP contribution in [0.25, 0.3) is 10.9 Å². The van der Waals surface area contributed by atoms with Gasteiger partial charge in [-0.2, -0.15) is 0 Å². The molecule has 4 rings (SSSR count). The van der Waals surface area contributed by atoms with Crippen LogP contribution in [0, 0.1) is 6.92 Å². The van der Waals surface area contributed by atoms with Crippen molar-refractivity contribution in [1.82, 2.24) is 10.1 Å². The Morgan fingerprint density at radius 2 is 2.08 bits per heavy atom. The number of nitrogens with zero attached hydrogens (tertiary/aromatic N) is 3. The zero-order valence-corrected chi connectivity index (χ0v) is 15.1. The van der Waals surface area contributed by atoms with Crippen LogP contribution in [0.4, 0.5) is 11.4 Å². The highest BCUT2D eigenvalue weighted by Crippen LogP contribution is 2.33. The van der Waals surface area contributed by atoms with Crippen molar-refractivity contribution in [3.05, 3.63) is 47.5 Å². The normalized spacial score (nSPS) is 14.2. The largest absolute Gasteiger partial charge is 0.370 e. The van der Waals surface area contributed by atoms with Crippen LogP contribution in [0.5, 0.6) is 0 Å². The van der Waals surface area contributed by atoms with Gasteiger partial charge in [-0.05, 0) is 50.5 Å². The summed E-state index contributed by atoms with van der Waals surface area (Å²) in [6.45, 7) is 5.82. The highest BCUT2D eigenvalue weighted by atomic mass is 16.5. The van der Waals surface area contributed by atoms with Crippen molar-refractivity contribution >= 4 is 28.2 Å². The van der Waals surface area contributed by atoms with Gasteiger partial charge in [-0.25, -0.2) is 0 Å². The lowest BCUT2D eigenvalue weighted by Gasteiger charge is -2.20. The number of fused-ring (bicyclic) bond motifs is 1. The lowest BCUT2D eigenvalue weighted by Crippen LogP contribution is -2.19. The second kappa shape index (κ2) is 6.78. The zero-order valence-electron chi connectivity index (χ0n) is 15.1. The molecule has 3 aromatic rings. The number of hydrogen-bond donors (Lipinski definition) is 1. The molecule has 0 saturated carbocycles. The molecule has 134 valence electrons. The number of rotatable bonds is 4. The average molecular weight is 350 g/mol. The summed E-state index contributed by atoms with van der Waals surface area (Å²) in [4.78, 5) is 19.8. The van der Waals surface area contributed by atoms with Crippen LogP contribution >= 0.6 is 0 Å². The van der Waals surface area contributed by atoms with Crippen molar-refractivity contribution in [1.29, 1.82) is 0 Å². The van der Waals surface area contributed by atoms with Crippen LogP contribution in [-0.4, -0.2) is 29.1 Å². The quantitative estimate of drug-likeness (QED) is 0.771. The first-order valence-corrected chi connectivity index (χ1v) is 9.08. The van der Waals surface area contributed by atoms with Gasteiger partial charge in [0.15, 0.2) is 0 Å². The minimum atomic E-state index is -0.195. The molecule has 1 N–H and O–H groups in total. The fourth-order valence-corrected chi connectivity index (χ4v) is 3.62. The number of nitrogens with one attached hydrogen (secondary N) is 1. The number of amides is 1. The van der Waals surface area contributed by atoms with Gasteiger partial charge in [-0.1, -0.05) is 12.1 Å². The molecule has 0 radical (unpaired) electrons. The third kappa shape index (κ3) is 2.81. The summed E-state index contributed by atoms with van der Waals surface area (Å²) in [6, 6.07) is 7.91. The second-order valence-electron chi connectivity index (χ2n) is 6.59. The number of aromatic nitrogens is 2. The van der Waals surface area contributed by atoms with E-state index >= 15 is 0 Å². The molecule has 1 fully saturated rings. The maximum absolute atomic E-state index is 12.8. The molecule has 3 heterocycles. The minimum absolute atomic E-state index is 0.195. The molecule has 1 aliphatic rings. The molecule has 0 unspecified atom stereocenters. The molecule has 0 atom stereocenters. The van der Waals surface area contributed by atoms with Crippen LogP contribution in [0.3, 0.4) is 0 Å². The molecule has 6 nitrogen and oxygen atoms in total. The van der Waals surface area contributed by atoms with Crippen LogP contribution < -0.4 is 10.2 Å². The summed E-state index contributed by atoms with van der Waals surface area (Å²) >= 11 is 0. The molecule has 1 aromatic carbocycles. The molecule has 0 spiro atoms. The Kier molecular flexibility index (Phi) is 4.32. The molecule has 26 heavy (non-hydrogen) atoms. The predicted octanol–water partition coefficient (Wildman–Crippen LogP) is 3.95. The van der Waals surface area contributed by atoms with Gasteiger partial charge in [0, 0.05) is 24.7 Å². The van der Waals surface area contributed by atoms with Crippen LogP contribution in [0.1, 0.15) is 41.6 Å². The molecular weight excluding hydrogens is 328 g/mol. The number of benzene rings is 1. The van der Waals surface area contributed by atoms with Crippen LogP contribution in [-0.2, 0) is 6.42 Å². The van der Waals surface area contributed by atoms with E-state index < -0.39 is 0 Å². The van der Waals surface area contributed by atoms with E-state index in [2.05, 4.69) is 26.4 Å². The zero-order chi connectivity index (χ0) is 18.1. The molecule has 1 amide bonds.